The summed E-state index contributed by atoms with van der Waals surface area (Å²) < 4.78 is 11.1. The Labute approximate surface area is 110 Å². The highest BCUT2D eigenvalue weighted by molar-refractivity contribution is 5.28. The third kappa shape index (κ3) is 6.62. The average Bonchev–Trinajstić information content (AvgIpc) is 2.28. The second-order valence-electron chi connectivity index (χ2n) is 5.22. The van der Waals surface area contributed by atoms with E-state index in [2.05, 4.69) is 38.2 Å². The van der Waals surface area contributed by atoms with Gasteiger partial charge in [0.2, 0.25) is 0 Å². The highest BCUT2D eigenvalue weighted by atomic mass is 16.5. The van der Waals surface area contributed by atoms with E-state index in [4.69, 9.17) is 9.47 Å². The molecule has 1 rings (SSSR count). The molecule has 0 bridgehead atoms. The van der Waals surface area contributed by atoms with Gasteiger partial charge in [0.1, 0.15) is 5.75 Å². The molecule has 0 atom stereocenters. The summed E-state index contributed by atoms with van der Waals surface area (Å²) >= 11 is 0. The van der Waals surface area contributed by atoms with Crippen molar-refractivity contribution in [3.05, 3.63) is 29.8 Å². The Bertz CT molecular complexity index is 345. The highest BCUT2D eigenvalue weighted by Crippen LogP contribution is 2.13. The molecule has 0 saturated heterocycles. The summed E-state index contributed by atoms with van der Waals surface area (Å²) in [5.41, 5.74) is 1.17. The van der Waals surface area contributed by atoms with Crippen LogP contribution in [0.4, 0.5) is 0 Å². The molecule has 0 aliphatic carbocycles. The Balaban J connectivity index is 2.24. The first-order valence-corrected chi connectivity index (χ1v) is 6.57. The van der Waals surface area contributed by atoms with E-state index in [1.807, 2.05) is 19.1 Å². The molecule has 18 heavy (non-hydrogen) atoms. The van der Waals surface area contributed by atoms with E-state index >= 15 is 0 Å². The SMILES string of the molecule is CCOc1cccc(CNCCOC(C)(C)C)c1. The molecule has 102 valence electrons. The smallest absolute Gasteiger partial charge is 0.119 e. The van der Waals surface area contributed by atoms with Crippen LogP contribution < -0.4 is 10.1 Å². The van der Waals surface area contributed by atoms with Crippen molar-refractivity contribution in [2.45, 2.75) is 39.8 Å². The van der Waals surface area contributed by atoms with Crippen LogP contribution in [0.25, 0.3) is 0 Å². The first kappa shape index (κ1) is 15.0. The molecule has 1 aromatic carbocycles. The second kappa shape index (κ2) is 7.39. The first-order chi connectivity index (χ1) is 8.51. The minimum Gasteiger partial charge on any atom is -0.494 e. The quantitative estimate of drug-likeness (QED) is 0.756. The van der Waals surface area contributed by atoms with Gasteiger partial charge >= 0.3 is 0 Å². The van der Waals surface area contributed by atoms with E-state index in [1.165, 1.54) is 5.56 Å². The van der Waals surface area contributed by atoms with Crippen molar-refractivity contribution in [1.29, 1.82) is 0 Å². The number of nitrogens with one attached hydrogen (secondary N) is 1. The molecular formula is C15H25NO2. The molecule has 1 N–H and O–H groups in total. The molecule has 0 aromatic heterocycles. The summed E-state index contributed by atoms with van der Waals surface area (Å²) in [5, 5.41) is 3.36. The molecular weight excluding hydrogens is 226 g/mol. The van der Waals surface area contributed by atoms with Crippen LogP contribution in [-0.2, 0) is 11.3 Å². The maximum absolute atomic E-state index is 5.64. The monoisotopic (exact) mass is 251 g/mol. The molecule has 0 saturated carbocycles. The lowest BCUT2D eigenvalue weighted by atomic mass is 10.2. The van der Waals surface area contributed by atoms with E-state index in [0.29, 0.717) is 6.61 Å². The van der Waals surface area contributed by atoms with Gasteiger partial charge in [0.15, 0.2) is 0 Å². The summed E-state index contributed by atoms with van der Waals surface area (Å²) in [6, 6.07) is 8.17. The largest absolute Gasteiger partial charge is 0.494 e. The van der Waals surface area contributed by atoms with Crippen LogP contribution >= 0.6 is 0 Å². The Morgan fingerprint density at radius 1 is 1.22 bits per heavy atom. The fourth-order valence-corrected chi connectivity index (χ4v) is 1.57. The van der Waals surface area contributed by atoms with Gasteiger partial charge in [-0.1, -0.05) is 12.1 Å². The summed E-state index contributed by atoms with van der Waals surface area (Å²) in [5.74, 6) is 0.933. The third-order valence-electron chi connectivity index (χ3n) is 2.35. The molecule has 0 aliphatic rings. The van der Waals surface area contributed by atoms with E-state index in [1.54, 1.807) is 0 Å². The van der Waals surface area contributed by atoms with Crippen LogP contribution in [0.15, 0.2) is 24.3 Å². The molecule has 3 nitrogen and oxygen atoms in total. The minimum atomic E-state index is -0.0590. The lowest BCUT2D eigenvalue weighted by Gasteiger charge is -2.19. The van der Waals surface area contributed by atoms with E-state index in [-0.39, 0.29) is 5.60 Å². The fourth-order valence-electron chi connectivity index (χ4n) is 1.57. The summed E-state index contributed by atoms with van der Waals surface area (Å²) in [6.45, 7) is 11.3. The van der Waals surface area contributed by atoms with Gasteiger partial charge in [-0.2, -0.15) is 0 Å². The lowest BCUT2D eigenvalue weighted by Crippen LogP contribution is -2.26. The van der Waals surface area contributed by atoms with Crippen molar-refractivity contribution in [2.75, 3.05) is 19.8 Å². The van der Waals surface area contributed by atoms with Gasteiger partial charge in [0, 0.05) is 13.1 Å². The van der Waals surface area contributed by atoms with Crippen LogP contribution in [0.5, 0.6) is 5.75 Å². The average molecular weight is 251 g/mol. The lowest BCUT2D eigenvalue weighted by molar-refractivity contribution is -0.000885. The van der Waals surface area contributed by atoms with Crippen LogP contribution in [-0.4, -0.2) is 25.4 Å². The van der Waals surface area contributed by atoms with Crippen molar-refractivity contribution < 1.29 is 9.47 Å². The number of hydrogen-bond acceptors (Lipinski definition) is 3. The van der Waals surface area contributed by atoms with Crippen molar-refractivity contribution in [2.24, 2.45) is 0 Å². The molecule has 0 amide bonds. The van der Waals surface area contributed by atoms with Crippen molar-refractivity contribution in [3.63, 3.8) is 0 Å². The Hall–Kier alpha value is -1.06. The van der Waals surface area contributed by atoms with Gasteiger partial charge in [0.05, 0.1) is 18.8 Å². The molecule has 0 unspecified atom stereocenters. The van der Waals surface area contributed by atoms with Gasteiger partial charge in [-0.15, -0.1) is 0 Å². The molecule has 3 heteroatoms. The molecule has 0 radical (unpaired) electrons. The van der Waals surface area contributed by atoms with Crippen LogP contribution in [0.1, 0.15) is 33.3 Å². The summed E-state index contributed by atoms with van der Waals surface area (Å²) in [7, 11) is 0. The van der Waals surface area contributed by atoms with Crippen LogP contribution in [0.2, 0.25) is 0 Å². The third-order valence-corrected chi connectivity index (χ3v) is 2.35. The van der Waals surface area contributed by atoms with Crippen molar-refractivity contribution in [3.8, 4) is 5.75 Å². The molecule has 0 heterocycles. The first-order valence-electron chi connectivity index (χ1n) is 6.57. The zero-order valence-electron chi connectivity index (χ0n) is 12.0. The Morgan fingerprint density at radius 3 is 2.67 bits per heavy atom. The van der Waals surface area contributed by atoms with Crippen LogP contribution in [0, 0.1) is 0 Å². The highest BCUT2D eigenvalue weighted by Gasteiger charge is 2.08. The standard InChI is InChI=1S/C15H25NO2/c1-5-17-14-8-6-7-13(11-14)12-16-9-10-18-15(2,3)4/h6-8,11,16H,5,9-10,12H2,1-4H3. The van der Waals surface area contributed by atoms with Crippen molar-refractivity contribution >= 4 is 0 Å². The molecule has 0 spiro atoms. The number of rotatable bonds is 7. The maximum Gasteiger partial charge on any atom is 0.119 e. The topological polar surface area (TPSA) is 30.5 Å². The molecule has 0 fully saturated rings. The van der Waals surface area contributed by atoms with Gasteiger partial charge in [-0.3, -0.25) is 0 Å². The van der Waals surface area contributed by atoms with E-state index in [9.17, 15) is 0 Å². The second-order valence-corrected chi connectivity index (χ2v) is 5.22. The van der Waals surface area contributed by atoms with Crippen molar-refractivity contribution in [1.82, 2.24) is 5.32 Å². The van der Waals surface area contributed by atoms with Crippen LogP contribution in [0.3, 0.4) is 0 Å². The number of ether oxygens (including phenoxy) is 2. The summed E-state index contributed by atoms with van der Waals surface area (Å²) in [6.07, 6.45) is 0. The predicted molar refractivity (Wildman–Crippen MR) is 75.0 cm³/mol. The summed E-state index contributed by atoms with van der Waals surface area (Å²) in [4.78, 5) is 0. The van der Waals surface area contributed by atoms with Gasteiger partial charge in [-0.25, -0.2) is 0 Å². The predicted octanol–water partition coefficient (Wildman–Crippen LogP) is 2.99. The minimum absolute atomic E-state index is 0.0590. The van der Waals surface area contributed by atoms with Gasteiger partial charge < -0.3 is 14.8 Å². The van der Waals surface area contributed by atoms with E-state index < -0.39 is 0 Å². The zero-order valence-corrected chi connectivity index (χ0v) is 12.0. The molecule has 1 aromatic rings. The Kier molecular flexibility index (Phi) is 6.16. The zero-order chi connectivity index (χ0) is 13.4. The van der Waals surface area contributed by atoms with E-state index in [0.717, 1.165) is 25.4 Å². The fraction of sp³-hybridized carbons (Fsp3) is 0.600. The number of hydrogen-bond donors (Lipinski definition) is 1. The Morgan fingerprint density at radius 2 is 2.00 bits per heavy atom. The number of benzene rings is 1. The maximum atomic E-state index is 5.64. The van der Waals surface area contributed by atoms with Gasteiger partial charge in [-0.05, 0) is 45.4 Å². The molecule has 0 aliphatic heterocycles. The normalized spacial score (nSPS) is 11.6. The van der Waals surface area contributed by atoms with Gasteiger partial charge in [0.25, 0.3) is 0 Å².